The Kier molecular flexibility index (Phi) is 5.47. The first-order chi connectivity index (χ1) is 14.5. The van der Waals surface area contributed by atoms with E-state index in [-0.39, 0.29) is 17.5 Å². The highest BCUT2D eigenvalue weighted by molar-refractivity contribution is 6.10. The fourth-order valence-electron chi connectivity index (χ4n) is 3.56. The Morgan fingerprint density at radius 3 is 2.70 bits per heavy atom. The van der Waals surface area contributed by atoms with Crippen LogP contribution in [0.3, 0.4) is 0 Å². The second kappa shape index (κ2) is 8.36. The molecule has 4 rings (SSSR count). The van der Waals surface area contributed by atoms with Crippen molar-refractivity contribution >= 4 is 23.3 Å². The van der Waals surface area contributed by atoms with Crippen LogP contribution in [-0.2, 0) is 0 Å². The van der Waals surface area contributed by atoms with Gasteiger partial charge in [-0.2, -0.15) is 0 Å². The Bertz CT molecular complexity index is 1080. The van der Waals surface area contributed by atoms with Crippen LogP contribution in [0.5, 0.6) is 0 Å². The third-order valence-corrected chi connectivity index (χ3v) is 5.21. The second-order valence-corrected chi connectivity index (χ2v) is 7.21. The van der Waals surface area contributed by atoms with E-state index in [1.165, 1.54) is 6.26 Å². The van der Waals surface area contributed by atoms with Gasteiger partial charge in [-0.25, -0.2) is 9.97 Å². The molecule has 8 nitrogen and oxygen atoms in total. The average Bonchev–Trinajstić information content (AvgIpc) is 3.04. The fourth-order valence-corrected chi connectivity index (χ4v) is 3.56. The van der Waals surface area contributed by atoms with Crippen molar-refractivity contribution in [2.45, 2.75) is 13.3 Å². The summed E-state index contributed by atoms with van der Waals surface area (Å²) in [5.74, 6) is 0.924. The summed E-state index contributed by atoms with van der Waals surface area (Å²) < 4.78 is 5.36. The van der Waals surface area contributed by atoms with Crippen LogP contribution in [0.1, 0.15) is 38.6 Å². The number of rotatable bonds is 4. The number of carbonyl (C=O) groups excluding carboxylic acids is 2. The molecule has 1 aliphatic rings. The van der Waals surface area contributed by atoms with E-state index in [4.69, 9.17) is 10.2 Å². The highest BCUT2D eigenvalue weighted by Gasteiger charge is 2.24. The molecular formula is C22H23N5O3. The quantitative estimate of drug-likeness (QED) is 0.665. The van der Waals surface area contributed by atoms with Crippen LogP contribution in [0, 0.1) is 6.92 Å². The molecule has 1 aliphatic heterocycles. The zero-order valence-electron chi connectivity index (χ0n) is 16.7. The molecule has 1 amide bonds. The molecule has 154 valence electrons. The maximum atomic E-state index is 12.8. The molecule has 0 aromatic carbocycles. The SMILES string of the molecule is Cc1ccoc1C(=O)N1CCCN(c2cccc(C(=O)c3cccnc3N)n2)CC1. The number of nitrogen functional groups attached to an aromatic ring is 1. The van der Waals surface area contributed by atoms with Gasteiger partial charge in [0, 0.05) is 37.9 Å². The van der Waals surface area contributed by atoms with E-state index in [1.54, 1.807) is 35.4 Å². The van der Waals surface area contributed by atoms with Crippen LogP contribution in [0.25, 0.3) is 0 Å². The number of hydrogen-bond acceptors (Lipinski definition) is 7. The third-order valence-electron chi connectivity index (χ3n) is 5.21. The zero-order chi connectivity index (χ0) is 21.1. The number of amides is 1. The first-order valence-corrected chi connectivity index (χ1v) is 9.85. The number of ketones is 1. The van der Waals surface area contributed by atoms with Gasteiger partial charge in [0.15, 0.2) is 5.76 Å². The lowest BCUT2D eigenvalue weighted by Crippen LogP contribution is -2.35. The number of nitrogens with two attached hydrogens (primary N) is 1. The Labute approximate surface area is 174 Å². The number of carbonyl (C=O) groups is 2. The predicted molar refractivity (Wildman–Crippen MR) is 112 cm³/mol. The van der Waals surface area contributed by atoms with Gasteiger partial charge in [-0.3, -0.25) is 9.59 Å². The summed E-state index contributed by atoms with van der Waals surface area (Å²) in [4.78, 5) is 38.0. The third kappa shape index (κ3) is 3.89. The van der Waals surface area contributed by atoms with Crippen molar-refractivity contribution in [2.75, 3.05) is 36.8 Å². The summed E-state index contributed by atoms with van der Waals surface area (Å²) in [6, 6.07) is 10.5. The summed E-state index contributed by atoms with van der Waals surface area (Å²) in [6.45, 7) is 4.41. The molecule has 1 fully saturated rings. The van der Waals surface area contributed by atoms with E-state index in [1.807, 2.05) is 19.1 Å². The van der Waals surface area contributed by atoms with E-state index in [0.717, 1.165) is 18.5 Å². The van der Waals surface area contributed by atoms with Crippen molar-refractivity contribution in [2.24, 2.45) is 0 Å². The number of pyridine rings is 2. The van der Waals surface area contributed by atoms with Crippen molar-refractivity contribution in [3.63, 3.8) is 0 Å². The van der Waals surface area contributed by atoms with E-state index in [2.05, 4.69) is 14.9 Å². The summed E-state index contributed by atoms with van der Waals surface area (Å²) in [7, 11) is 0. The largest absolute Gasteiger partial charge is 0.459 e. The van der Waals surface area contributed by atoms with Crippen molar-refractivity contribution in [3.8, 4) is 0 Å². The zero-order valence-corrected chi connectivity index (χ0v) is 16.7. The van der Waals surface area contributed by atoms with Gasteiger partial charge in [0.05, 0.1) is 11.8 Å². The van der Waals surface area contributed by atoms with Gasteiger partial charge in [0.1, 0.15) is 17.3 Å². The molecule has 2 N–H and O–H groups in total. The molecule has 30 heavy (non-hydrogen) atoms. The summed E-state index contributed by atoms with van der Waals surface area (Å²) in [5.41, 5.74) is 7.33. The number of anilines is 2. The summed E-state index contributed by atoms with van der Waals surface area (Å²) in [6.07, 6.45) is 3.87. The van der Waals surface area contributed by atoms with Crippen molar-refractivity contribution in [1.29, 1.82) is 0 Å². The molecule has 3 aromatic rings. The highest BCUT2D eigenvalue weighted by atomic mass is 16.3. The molecule has 0 radical (unpaired) electrons. The van der Waals surface area contributed by atoms with Gasteiger partial charge in [0.2, 0.25) is 5.78 Å². The van der Waals surface area contributed by atoms with Crippen LogP contribution < -0.4 is 10.6 Å². The monoisotopic (exact) mass is 405 g/mol. The van der Waals surface area contributed by atoms with E-state index >= 15 is 0 Å². The van der Waals surface area contributed by atoms with E-state index in [9.17, 15) is 9.59 Å². The molecule has 8 heteroatoms. The Balaban J connectivity index is 1.49. The number of nitrogens with zero attached hydrogens (tertiary/aromatic N) is 4. The van der Waals surface area contributed by atoms with E-state index < -0.39 is 0 Å². The number of furan rings is 1. The first-order valence-electron chi connectivity index (χ1n) is 9.85. The summed E-state index contributed by atoms with van der Waals surface area (Å²) in [5, 5.41) is 0. The second-order valence-electron chi connectivity index (χ2n) is 7.21. The molecule has 0 spiro atoms. The molecule has 3 aromatic heterocycles. The fraction of sp³-hybridized carbons (Fsp3) is 0.273. The molecule has 0 atom stereocenters. The first kappa shape index (κ1) is 19.6. The van der Waals surface area contributed by atoms with Crippen LogP contribution >= 0.6 is 0 Å². The minimum absolute atomic E-state index is 0.0942. The summed E-state index contributed by atoms with van der Waals surface area (Å²) >= 11 is 0. The van der Waals surface area contributed by atoms with Gasteiger partial charge >= 0.3 is 0 Å². The molecular weight excluding hydrogens is 382 g/mol. The van der Waals surface area contributed by atoms with Crippen molar-refractivity contribution in [3.05, 3.63) is 71.4 Å². The van der Waals surface area contributed by atoms with Crippen LogP contribution in [0.2, 0.25) is 0 Å². The van der Waals surface area contributed by atoms with Crippen molar-refractivity contribution < 1.29 is 14.0 Å². The number of hydrogen-bond donors (Lipinski definition) is 1. The maximum Gasteiger partial charge on any atom is 0.289 e. The highest BCUT2D eigenvalue weighted by Crippen LogP contribution is 2.19. The van der Waals surface area contributed by atoms with Crippen LogP contribution in [0.15, 0.2) is 53.3 Å². The lowest BCUT2D eigenvalue weighted by atomic mass is 10.1. The number of aryl methyl sites for hydroxylation is 1. The van der Waals surface area contributed by atoms with Gasteiger partial charge in [0.25, 0.3) is 5.91 Å². The van der Waals surface area contributed by atoms with Crippen LogP contribution in [-0.4, -0.2) is 52.7 Å². The molecule has 1 saturated heterocycles. The molecule has 0 saturated carbocycles. The van der Waals surface area contributed by atoms with Crippen LogP contribution in [0.4, 0.5) is 11.6 Å². The van der Waals surface area contributed by atoms with Crippen molar-refractivity contribution in [1.82, 2.24) is 14.9 Å². The Morgan fingerprint density at radius 1 is 1.07 bits per heavy atom. The normalized spacial score (nSPS) is 14.4. The molecule has 0 aliphatic carbocycles. The molecule has 0 bridgehead atoms. The minimum atomic E-state index is -0.262. The Morgan fingerprint density at radius 2 is 1.93 bits per heavy atom. The standard InChI is InChI=1S/C22H23N5O3/c1-15-8-14-30-20(15)22(29)27-11-4-10-26(12-13-27)18-7-2-6-17(25-18)19(28)16-5-3-9-24-21(16)23/h2-3,5-9,14H,4,10-13H2,1H3,(H2,23,24). The van der Waals surface area contributed by atoms with Gasteiger partial charge in [-0.05, 0) is 43.7 Å². The van der Waals surface area contributed by atoms with Gasteiger partial charge < -0.3 is 20.0 Å². The predicted octanol–water partition coefficient (Wildman–Crippen LogP) is 2.54. The molecule has 0 unspecified atom stereocenters. The maximum absolute atomic E-state index is 12.8. The lowest BCUT2D eigenvalue weighted by Gasteiger charge is -2.23. The molecule has 4 heterocycles. The lowest BCUT2D eigenvalue weighted by molar-refractivity contribution is 0.0734. The average molecular weight is 405 g/mol. The van der Waals surface area contributed by atoms with E-state index in [0.29, 0.717) is 42.5 Å². The number of aromatic nitrogens is 2. The van der Waals surface area contributed by atoms with Gasteiger partial charge in [-0.15, -0.1) is 0 Å². The smallest absolute Gasteiger partial charge is 0.289 e. The Hall–Kier alpha value is -3.68. The topological polar surface area (TPSA) is 106 Å². The minimum Gasteiger partial charge on any atom is -0.459 e. The van der Waals surface area contributed by atoms with Gasteiger partial charge in [-0.1, -0.05) is 6.07 Å².